The van der Waals surface area contributed by atoms with Crippen molar-refractivity contribution in [2.45, 2.75) is 10.6 Å². The summed E-state index contributed by atoms with van der Waals surface area (Å²) in [4.78, 5) is 9.55. The van der Waals surface area contributed by atoms with Crippen LogP contribution in [0.5, 0.6) is 0 Å². The number of non-ortho nitro benzene ring substituents is 1. The van der Waals surface area contributed by atoms with Crippen LogP contribution in [0.2, 0.25) is 0 Å². The van der Waals surface area contributed by atoms with Gasteiger partial charge in [-0.1, -0.05) is 17.9 Å². The minimum Gasteiger partial charge on any atom is -0.268 e. The maximum atomic E-state index is 13.2. The van der Waals surface area contributed by atoms with Gasteiger partial charge in [-0.2, -0.15) is 4.31 Å². The Morgan fingerprint density at radius 3 is 2.00 bits per heavy atom. The summed E-state index contributed by atoms with van der Waals surface area (Å²) in [6.45, 7) is -5.05. The van der Waals surface area contributed by atoms with Gasteiger partial charge in [0.05, 0.1) is 23.0 Å². The predicted molar refractivity (Wildman–Crippen MR) is 78.3 cm³/mol. The highest BCUT2D eigenvalue weighted by atomic mass is 32.2. The second-order valence-corrected chi connectivity index (χ2v) is 7.67. The maximum absolute atomic E-state index is 13.2. The lowest BCUT2D eigenvalue weighted by atomic mass is 10.1. The summed E-state index contributed by atoms with van der Waals surface area (Å²) in [6, 6.07) is 3.16. The Hall–Kier alpha value is -2.05. The number of hydrogen-bond donors (Lipinski definition) is 0. The van der Waals surface area contributed by atoms with Gasteiger partial charge in [0.15, 0.2) is 0 Å². The Morgan fingerprint density at radius 2 is 1.57 bits per heavy atom. The van der Waals surface area contributed by atoms with Crippen molar-refractivity contribution in [3.05, 3.63) is 34.4 Å². The number of sulfonamides is 1. The van der Waals surface area contributed by atoms with Crippen LogP contribution in [0.1, 0.15) is 0 Å². The monoisotopic (exact) mass is 438 g/mol. The highest BCUT2D eigenvalue weighted by Gasteiger charge is 2.55. The number of nitro groups is 1. The first-order chi connectivity index (χ1) is 12.9. The predicted octanol–water partition coefficient (Wildman–Crippen LogP) is 1.73. The number of benzene rings is 1. The molecule has 2 rings (SSSR count). The van der Waals surface area contributed by atoms with E-state index in [1.165, 1.54) is 0 Å². The summed E-state index contributed by atoms with van der Waals surface area (Å²) in [5.41, 5.74) is -3.99. The van der Waals surface area contributed by atoms with Gasteiger partial charge < -0.3 is 0 Å². The van der Waals surface area contributed by atoms with Crippen LogP contribution < -0.4 is 0 Å². The van der Waals surface area contributed by atoms with Gasteiger partial charge in [0, 0.05) is 34.7 Å². The Morgan fingerprint density at radius 1 is 1.04 bits per heavy atom. The van der Waals surface area contributed by atoms with Crippen molar-refractivity contribution in [3.63, 3.8) is 0 Å². The molecule has 1 aliphatic rings. The van der Waals surface area contributed by atoms with Crippen molar-refractivity contribution in [1.29, 1.82) is 0 Å². The van der Waals surface area contributed by atoms with Crippen LogP contribution in [0.4, 0.5) is 32.6 Å². The van der Waals surface area contributed by atoms with E-state index < -0.39 is 73.7 Å². The molecule has 10 nitrogen and oxygen atoms in total. The average molecular weight is 438 g/mol. The van der Waals surface area contributed by atoms with Gasteiger partial charge in [0.1, 0.15) is 6.67 Å². The summed E-state index contributed by atoms with van der Waals surface area (Å²) in [7, 11) is -4.73. The second kappa shape index (κ2) is 8.13. The molecule has 0 radical (unpaired) electrons. The molecule has 1 aliphatic heterocycles. The first-order valence-corrected chi connectivity index (χ1v) is 8.64. The average Bonchev–Trinajstić information content (AvgIpc) is 2.60. The van der Waals surface area contributed by atoms with Crippen molar-refractivity contribution >= 4 is 15.7 Å². The number of hydrogen-bond acceptors (Lipinski definition) is 8. The molecule has 0 spiro atoms. The van der Waals surface area contributed by atoms with Crippen LogP contribution in [0.3, 0.4) is 0 Å². The van der Waals surface area contributed by atoms with Gasteiger partial charge in [-0.05, 0) is 12.1 Å². The van der Waals surface area contributed by atoms with E-state index in [0.717, 1.165) is 24.3 Å². The lowest BCUT2D eigenvalue weighted by Crippen LogP contribution is -2.69. The van der Waals surface area contributed by atoms with Crippen molar-refractivity contribution in [1.82, 2.24) is 25.2 Å². The van der Waals surface area contributed by atoms with E-state index in [2.05, 4.69) is 0 Å². The summed E-state index contributed by atoms with van der Waals surface area (Å²) in [5.74, 6) is 0. The number of rotatable bonds is 7. The fourth-order valence-electron chi connectivity index (χ4n) is 2.58. The largest absolute Gasteiger partial charge is 0.269 e. The SMILES string of the molecule is O=[N+]([O-])c1ccc(S(=O)(=O)N2CN(CN(F)F)CC(N(F)F)(N(F)F)C2)cc1. The van der Waals surface area contributed by atoms with Crippen molar-refractivity contribution < 1.29 is 40.2 Å². The molecule has 158 valence electrons. The van der Waals surface area contributed by atoms with Gasteiger partial charge in [-0.3, -0.25) is 15.0 Å². The molecule has 0 amide bonds. The van der Waals surface area contributed by atoms with E-state index in [1.807, 2.05) is 0 Å². The van der Waals surface area contributed by atoms with E-state index >= 15 is 0 Å². The third-order valence-corrected chi connectivity index (χ3v) is 5.68. The summed E-state index contributed by atoms with van der Waals surface area (Å²) >= 11 is 0. The zero-order valence-electron chi connectivity index (χ0n) is 13.6. The quantitative estimate of drug-likeness (QED) is 0.209. The molecule has 0 aromatic heterocycles. The number of halogens is 6. The van der Waals surface area contributed by atoms with Crippen LogP contribution in [-0.2, 0) is 10.0 Å². The molecule has 0 bridgehead atoms. The lowest BCUT2D eigenvalue weighted by molar-refractivity contribution is -0.384. The highest BCUT2D eigenvalue weighted by molar-refractivity contribution is 7.89. The molecule has 0 aliphatic carbocycles. The Bertz CT molecular complexity index is 802. The molecule has 17 heteroatoms. The van der Waals surface area contributed by atoms with E-state index in [-0.39, 0.29) is 4.31 Å². The maximum Gasteiger partial charge on any atom is 0.269 e. The van der Waals surface area contributed by atoms with Crippen LogP contribution in [0.15, 0.2) is 29.2 Å². The first kappa shape index (κ1) is 22.2. The van der Waals surface area contributed by atoms with E-state index in [4.69, 9.17) is 0 Å². The van der Waals surface area contributed by atoms with Gasteiger partial charge >= 0.3 is 0 Å². The molecule has 0 atom stereocenters. The second-order valence-electron chi connectivity index (χ2n) is 5.73. The summed E-state index contributed by atoms with van der Waals surface area (Å²) < 4.78 is 103. The molecule has 0 unspecified atom stereocenters. The minimum atomic E-state index is -4.73. The normalized spacial score (nSPS) is 18.9. The van der Waals surface area contributed by atoms with Crippen LogP contribution >= 0.6 is 0 Å². The minimum absolute atomic E-state index is 0.152. The smallest absolute Gasteiger partial charge is 0.268 e. The van der Waals surface area contributed by atoms with Crippen LogP contribution in [-0.4, -0.2) is 70.7 Å². The number of nitrogens with zero attached hydrogens (tertiary/aromatic N) is 6. The van der Waals surface area contributed by atoms with Crippen molar-refractivity contribution in [2.75, 3.05) is 26.4 Å². The fourth-order valence-corrected chi connectivity index (χ4v) is 4.05. The molecule has 1 aromatic rings. The zero-order valence-corrected chi connectivity index (χ0v) is 14.4. The molecule has 0 saturated carbocycles. The third kappa shape index (κ3) is 4.33. The van der Waals surface area contributed by atoms with E-state index in [9.17, 15) is 45.4 Å². The third-order valence-electron chi connectivity index (χ3n) is 3.89. The van der Waals surface area contributed by atoms with Crippen molar-refractivity contribution in [3.8, 4) is 0 Å². The molecule has 1 fully saturated rings. The molecular formula is C11H12F6N6O4S. The van der Waals surface area contributed by atoms with E-state index in [0.29, 0.717) is 4.90 Å². The number of nitro benzene ring substituents is 1. The molecular weight excluding hydrogens is 426 g/mol. The standard InChI is InChI=1S/C11H12F6N6O4S/c12-20(13)8-18-5-11(22(14)15,23(16)17)6-19(7-18)28(26,27)10-3-1-9(2-4-10)21(24)25/h1-4H,5-8H2. The topological polar surface area (TPSA) is 93.5 Å². The highest BCUT2D eigenvalue weighted by Crippen LogP contribution is 2.33. The molecule has 1 saturated heterocycles. The van der Waals surface area contributed by atoms with Gasteiger partial charge in [-0.25, -0.2) is 8.42 Å². The van der Waals surface area contributed by atoms with Crippen molar-refractivity contribution in [2.24, 2.45) is 0 Å². The molecule has 1 heterocycles. The Labute approximate surface area is 153 Å². The van der Waals surface area contributed by atoms with Crippen LogP contribution in [0.25, 0.3) is 0 Å². The molecule has 28 heavy (non-hydrogen) atoms. The molecule has 0 N–H and O–H groups in total. The van der Waals surface area contributed by atoms with Gasteiger partial charge in [0.2, 0.25) is 15.7 Å². The Balaban J connectivity index is 2.43. The Kier molecular flexibility index (Phi) is 6.46. The summed E-state index contributed by atoms with van der Waals surface area (Å²) in [6.07, 6.45) is 0. The molecule has 1 aromatic carbocycles. The van der Waals surface area contributed by atoms with Gasteiger partial charge in [0.25, 0.3) is 5.69 Å². The summed E-state index contributed by atoms with van der Waals surface area (Å²) in [5, 5.41) is 5.22. The lowest BCUT2D eigenvalue weighted by Gasteiger charge is -2.45. The first-order valence-electron chi connectivity index (χ1n) is 7.20. The van der Waals surface area contributed by atoms with Gasteiger partial charge in [-0.15, -0.1) is 8.96 Å². The fraction of sp³-hybridized carbons (Fsp3) is 0.455. The van der Waals surface area contributed by atoms with E-state index in [1.54, 1.807) is 0 Å². The van der Waals surface area contributed by atoms with Crippen LogP contribution in [0, 0.1) is 10.1 Å². The zero-order chi connectivity index (χ0) is 21.3.